The smallest absolute Gasteiger partial charge is 0.320 e. The van der Waals surface area contributed by atoms with E-state index in [1.807, 2.05) is 31.2 Å². The second kappa shape index (κ2) is 21.6. The van der Waals surface area contributed by atoms with Gasteiger partial charge in [0, 0.05) is 0 Å². The van der Waals surface area contributed by atoms with Crippen LogP contribution >= 0.6 is 0 Å². The molecule has 0 aliphatic rings. The Labute approximate surface area is 184 Å². The third-order valence-electron chi connectivity index (χ3n) is 4.51. The van der Waals surface area contributed by atoms with Crippen LogP contribution in [0.3, 0.4) is 0 Å². The maximum atomic E-state index is 12.2. The first-order valence-electron chi connectivity index (χ1n) is 11.6. The second-order valence-corrected chi connectivity index (χ2v) is 7.31. The molecule has 0 atom stereocenters. The molecule has 0 aromatic carbocycles. The first-order valence-corrected chi connectivity index (χ1v) is 11.6. The number of rotatable bonds is 18. The Bertz CT molecular complexity index is 497. The van der Waals surface area contributed by atoms with E-state index in [0.29, 0.717) is 12.8 Å². The Morgan fingerprint density at radius 1 is 0.633 bits per heavy atom. The van der Waals surface area contributed by atoms with E-state index in [9.17, 15) is 9.59 Å². The van der Waals surface area contributed by atoms with Crippen molar-refractivity contribution < 1.29 is 19.1 Å². The summed E-state index contributed by atoms with van der Waals surface area (Å²) in [6, 6.07) is 0. The van der Waals surface area contributed by atoms with Gasteiger partial charge in [-0.1, -0.05) is 89.3 Å². The molecule has 0 aliphatic heterocycles. The molecule has 0 amide bonds. The third kappa shape index (κ3) is 16.8. The van der Waals surface area contributed by atoms with Gasteiger partial charge in [0.25, 0.3) is 0 Å². The van der Waals surface area contributed by atoms with E-state index in [1.54, 1.807) is 12.2 Å². The summed E-state index contributed by atoms with van der Waals surface area (Å²) in [6.45, 7) is 6.62. The van der Waals surface area contributed by atoms with E-state index < -0.39 is 17.9 Å². The zero-order chi connectivity index (χ0) is 22.3. The molecule has 170 valence electrons. The Morgan fingerprint density at radius 3 is 1.47 bits per heavy atom. The Kier molecular flexibility index (Phi) is 20.1. The molecule has 0 aliphatic carbocycles. The van der Waals surface area contributed by atoms with Crippen LogP contribution in [-0.2, 0) is 19.1 Å². The molecule has 0 N–H and O–H groups in total. The van der Waals surface area contributed by atoms with Crippen LogP contribution in [-0.4, -0.2) is 25.2 Å². The minimum absolute atomic E-state index is 0.161. The zero-order valence-corrected chi connectivity index (χ0v) is 19.3. The van der Waals surface area contributed by atoms with E-state index in [0.717, 1.165) is 12.8 Å². The lowest BCUT2D eigenvalue weighted by molar-refractivity contribution is -0.161. The Morgan fingerprint density at radius 2 is 1.07 bits per heavy atom. The van der Waals surface area contributed by atoms with Crippen molar-refractivity contribution >= 4 is 11.9 Å². The van der Waals surface area contributed by atoms with Gasteiger partial charge in [-0.3, -0.25) is 9.59 Å². The molecule has 0 rings (SSSR count). The van der Waals surface area contributed by atoms with Crippen molar-refractivity contribution in [2.45, 2.75) is 85.0 Å². The summed E-state index contributed by atoms with van der Waals surface area (Å²) in [5.74, 6) is -1.89. The van der Waals surface area contributed by atoms with Gasteiger partial charge in [0.15, 0.2) is 5.92 Å². The molecule has 0 aromatic rings. The lowest BCUT2D eigenvalue weighted by Gasteiger charge is -2.13. The minimum Gasteiger partial charge on any atom is -0.461 e. The predicted octanol–water partition coefficient (Wildman–Crippen LogP) is 6.87. The quantitative estimate of drug-likeness (QED) is 0.105. The number of allylic oxidation sites excluding steroid dienone is 6. The molecule has 4 nitrogen and oxygen atoms in total. The summed E-state index contributed by atoms with van der Waals surface area (Å²) in [4.78, 5) is 24.5. The zero-order valence-electron chi connectivity index (χ0n) is 19.3. The fraction of sp³-hybridized carbons (Fsp3) is 0.615. The molecule has 0 spiro atoms. The lowest BCUT2D eigenvalue weighted by atomic mass is 10.0. The molecule has 0 saturated carbocycles. The summed E-state index contributed by atoms with van der Waals surface area (Å²) in [5.41, 5.74) is 0. The third-order valence-corrected chi connectivity index (χ3v) is 4.51. The Hall–Kier alpha value is -2.10. The molecular formula is C26H42O4. The van der Waals surface area contributed by atoms with Gasteiger partial charge in [-0.25, -0.2) is 0 Å². The molecule has 0 unspecified atom stereocenters. The van der Waals surface area contributed by atoms with E-state index >= 15 is 0 Å². The van der Waals surface area contributed by atoms with Gasteiger partial charge in [0.05, 0.1) is 0 Å². The summed E-state index contributed by atoms with van der Waals surface area (Å²) < 4.78 is 10.4. The largest absolute Gasteiger partial charge is 0.461 e. The van der Waals surface area contributed by atoms with Crippen molar-refractivity contribution in [3.05, 3.63) is 48.6 Å². The molecule has 0 radical (unpaired) electrons. The molecule has 0 bridgehead atoms. The highest BCUT2D eigenvalue weighted by Gasteiger charge is 2.28. The van der Waals surface area contributed by atoms with Crippen molar-refractivity contribution in [2.24, 2.45) is 5.92 Å². The van der Waals surface area contributed by atoms with Crippen LogP contribution in [0, 0.1) is 5.92 Å². The molecule has 0 heterocycles. The maximum absolute atomic E-state index is 12.2. The van der Waals surface area contributed by atoms with Gasteiger partial charge < -0.3 is 9.47 Å². The van der Waals surface area contributed by atoms with Gasteiger partial charge in [0.2, 0.25) is 0 Å². The van der Waals surface area contributed by atoms with Gasteiger partial charge in [-0.2, -0.15) is 0 Å². The number of unbranched alkanes of at least 4 members (excludes halogenated alkanes) is 6. The highest BCUT2D eigenvalue weighted by Crippen LogP contribution is 2.11. The number of esters is 2. The number of hydrogen-bond donors (Lipinski definition) is 0. The topological polar surface area (TPSA) is 52.6 Å². The van der Waals surface area contributed by atoms with Gasteiger partial charge in [-0.05, 0) is 44.3 Å². The molecular weight excluding hydrogens is 376 g/mol. The number of ether oxygens (including phenoxy) is 2. The molecule has 0 fully saturated rings. The highest BCUT2D eigenvalue weighted by atomic mass is 16.6. The van der Waals surface area contributed by atoms with Crippen LogP contribution in [0.5, 0.6) is 0 Å². The molecule has 4 heteroatoms. The first kappa shape index (κ1) is 27.9. The average molecular weight is 419 g/mol. The van der Waals surface area contributed by atoms with Crippen molar-refractivity contribution in [1.29, 1.82) is 0 Å². The van der Waals surface area contributed by atoms with Crippen LogP contribution in [0.25, 0.3) is 0 Å². The number of carbonyl (C=O) groups is 2. The van der Waals surface area contributed by atoms with Crippen LogP contribution < -0.4 is 0 Å². The molecule has 30 heavy (non-hydrogen) atoms. The maximum Gasteiger partial charge on any atom is 0.320 e. The second-order valence-electron chi connectivity index (χ2n) is 7.31. The summed E-state index contributed by atoms with van der Waals surface area (Å²) in [7, 11) is 0. The summed E-state index contributed by atoms with van der Waals surface area (Å²) in [6.07, 6.45) is 26.0. The van der Waals surface area contributed by atoms with Crippen LogP contribution in [0.15, 0.2) is 48.6 Å². The summed E-state index contributed by atoms with van der Waals surface area (Å²) in [5, 5.41) is 0. The fourth-order valence-electron chi connectivity index (χ4n) is 2.72. The average Bonchev–Trinajstić information content (AvgIpc) is 2.74. The molecule has 0 saturated heterocycles. The van der Waals surface area contributed by atoms with Crippen molar-refractivity contribution in [3.63, 3.8) is 0 Å². The van der Waals surface area contributed by atoms with Crippen molar-refractivity contribution in [2.75, 3.05) is 13.2 Å². The van der Waals surface area contributed by atoms with Crippen molar-refractivity contribution in [3.8, 4) is 0 Å². The van der Waals surface area contributed by atoms with E-state index in [2.05, 4.69) is 26.0 Å². The summed E-state index contributed by atoms with van der Waals surface area (Å²) >= 11 is 0. The lowest BCUT2D eigenvalue weighted by Crippen LogP contribution is -2.28. The monoisotopic (exact) mass is 418 g/mol. The van der Waals surface area contributed by atoms with E-state index in [1.165, 1.54) is 38.5 Å². The normalized spacial score (nSPS) is 12.1. The fourth-order valence-corrected chi connectivity index (χ4v) is 2.72. The van der Waals surface area contributed by atoms with Crippen LogP contribution in [0.1, 0.15) is 85.0 Å². The number of carbonyl (C=O) groups excluding carboxylic acids is 2. The minimum atomic E-state index is -0.856. The van der Waals surface area contributed by atoms with E-state index in [-0.39, 0.29) is 13.2 Å². The van der Waals surface area contributed by atoms with Gasteiger partial charge >= 0.3 is 11.9 Å². The van der Waals surface area contributed by atoms with Gasteiger partial charge in [-0.15, -0.1) is 0 Å². The molecule has 0 aromatic heterocycles. The highest BCUT2D eigenvalue weighted by molar-refractivity contribution is 5.94. The van der Waals surface area contributed by atoms with Crippen LogP contribution in [0.4, 0.5) is 0 Å². The standard InChI is InChI=1S/C26H42O4/c1-4-7-9-11-13-15-17-19-22-29-25(27)24(21-6-3)26(28)30-23-20-18-16-14-12-10-8-5-2/h13-20,24H,4-12,21-23H2,1-3H3/b15-13+,16-14+,19-17+,20-18+. The number of hydrogen-bond acceptors (Lipinski definition) is 4. The van der Waals surface area contributed by atoms with Crippen molar-refractivity contribution in [1.82, 2.24) is 0 Å². The Balaban J connectivity index is 4.19. The predicted molar refractivity (Wildman–Crippen MR) is 125 cm³/mol. The first-order chi connectivity index (χ1) is 14.7. The van der Waals surface area contributed by atoms with Crippen LogP contribution in [0.2, 0.25) is 0 Å². The SMILES string of the molecule is CCCCC/C=C/C=C/COC(=O)C(CCC)C(=O)OC/C=C/C=C/CCCCC. The van der Waals surface area contributed by atoms with Gasteiger partial charge in [0.1, 0.15) is 13.2 Å². The van der Waals surface area contributed by atoms with E-state index in [4.69, 9.17) is 9.47 Å².